The number of sulfonamides is 1. The summed E-state index contributed by atoms with van der Waals surface area (Å²) in [6.45, 7) is 6.43. The van der Waals surface area contributed by atoms with E-state index in [0.717, 1.165) is 54.0 Å². The molecular formula is C25H30N8O2S. The molecular weight excluding hydrogens is 476 g/mol. The van der Waals surface area contributed by atoms with Crippen molar-refractivity contribution in [3.8, 4) is 0 Å². The molecule has 5 rings (SSSR count). The molecule has 0 amide bonds. The largest absolute Gasteiger partial charge is 0.369 e. The highest BCUT2D eigenvalue weighted by atomic mass is 32.2. The molecule has 0 unspecified atom stereocenters. The Morgan fingerprint density at radius 3 is 2.58 bits per heavy atom. The maximum absolute atomic E-state index is 12.1. The van der Waals surface area contributed by atoms with Gasteiger partial charge in [-0.1, -0.05) is 6.07 Å². The van der Waals surface area contributed by atoms with Gasteiger partial charge in [0.1, 0.15) is 11.5 Å². The summed E-state index contributed by atoms with van der Waals surface area (Å²) in [7, 11) is -1.93. The van der Waals surface area contributed by atoms with E-state index in [0.29, 0.717) is 18.3 Å². The Kier molecular flexibility index (Phi) is 6.50. The first-order valence-corrected chi connectivity index (χ1v) is 13.7. The van der Waals surface area contributed by atoms with Crippen molar-refractivity contribution >= 4 is 44.2 Å². The number of anilines is 4. The Morgan fingerprint density at radius 1 is 1.11 bits per heavy atom. The number of hydrogen-bond donors (Lipinski definition) is 2. The summed E-state index contributed by atoms with van der Waals surface area (Å²) in [5, 5.41) is 7.63. The molecule has 0 aliphatic carbocycles. The summed E-state index contributed by atoms with van der Waals surface area (Å²) in [5.74, 6) is 0.896. The average molecular weight is 507 g/mol. The van der Waals surface area contributed by atoms with Crippen molar-refractivity contribution in [3.63, 3.8) is 0 Å². The van der Waals surface area contributed by atoms with Gasteiger partial charge in [-0.25, -0.2) is 18.4 Å². The van der Waals surface area contributed by atoms with Gasteiger partial charge in [-0.05, 0) is 42.8 Å². The second kappa shape index (κ2) is 9.75. The lowest BCUT2D eigenvalue weighted by Gasteiger charge is -2.29. The Labute approximate surface area is 211 Å². The number of benzene rings is 1. The van der Waals surface area contributed by atoms with Gasteiger partial charge in [0, 0.05) is 74.1 Å². The molecule has 4 aromatic rings. The van der Waals surface area contributed by atoms with E-state index >= 15 is 0 Å². The highest BCUT2D eigenvalue weighted by molar-refractivity contribution is 7.92. The minimum atomic E-state index is -3.44. The number of aryl methyl sites for hydroxylation is 1. The van der Waals surface area contributed by atoms with Crippen LogP contribution in [0.25, 0.3) is 11.0 Å². The molecule has 2 N–H and O–H groups in total. The molecule has 1 fully saturated rings. The molecule has 0 bridgehead atoms. The summed E-state index contributed by atoms with van der Waals surface area (Å²) in [5.41, 5.74) is 4.69. The topological polar surface area (TPSA) is 108 Å². The Morgan fingerprint density at radius 2 is 1.86 bits per heavy atom. The molecule has 3 aromatic heterocycles. The monoisotopic (exact) mass is 506 g/mol. The van der Waals surface area contributed by atoms with Gasteiger partial charge in [0.25, 0.3) is 0 Å². The van der Waals surface area contributed by atoms with Crippen LogP contribution in [-0.4, -0.2) is 67.4 Å². The lowest BCUT2D eigenvalue weighted by atomic mass is 10.2. The maximum atomic E-state index is 12.1. The van der Waals surface area contributed by atoms with Gasteiger partial charge in [0.05, 0.1) is 12.8 Å². The van der Waals surface area contributed by atoms with Gasteiger partial charge in [-0.2, -0.15) is 4.98 Å². The van der Waals surface area contributed by atoms with E-state index in [1.54, 1.807) is 12.3 Å². The zero-order chi connectivity index (χ0) is 25.3. The predicted octanol–water partition coefficient (Wildman–Crippen LogP) is 2.73. The number of aromatic nitrogens is 4. The number of nitrogens with zero attached hydrogens (tertiary/aromatic N) is 6. The second-order valence-corrected chi connectivity index (χ2v) is 11.0. The van der Waals surface area contributed by atoms with Gasteiger partial charge in [-0.3, -0.25) is 4.31 Å². The lowest BCUT2D eigenvalue weighted by molar-refractivity contribution is 0.589. The SMILES string of the molecule is Cc1cn(Cc2cccnc2N(C)S(C)(=O)=O)c2nc(Nc3ccc(N4CCNCC4)cc3)ncc12. The van der Waals surface area contributed by atoms with Crippen LogP contribution in [0.15, 0.2) is 55.0 Å². The van der Waals surface area contributed by atoms with Crippen LogP contribution in [0, 0.1) is 6.92 Å². The average Bonchev–Trinajstić information content (AvgIpc) is 3.18. The molecule has 10 nitrogen and oxygen atoms in total. The number of hydrogen-bond acceptors (Lipinski definition) is 8. The van der Waals surface area contributed by atoms with Gasteiger partial charge in [-0.15, -0.1) is 0 Å². The van der Waals surface area contributed by atoms with Crippen LogP contribution >= 0.6 is 0 Å². The first-order chi connectivity index (χ1) is 17.3. The summed E-state index contributed by atoms with van der Waals surface area (Å²) < 4.78 is 27.5. The van der Waals surface area contributed by atoms with Crippen molar-refractivity contribution in [2.24, 2.45) is 0 Å². The molecule has 11 heteroatoms. The zero-order valence-electron chi connectivity index (χ0n) is 20.6. The maximum Gasteiger partial charge on any atom is 0.233 e. The van der Waals surface area contributed by atoms with Crippen molar-refractivity contribution in [2.75, 3.05) is 54.0 Å². The Bertz CT molecular complexity index is 1480. The van der Waals surface area contributed by atoms with E-state index in [1.165, 1.54) is 23.3 Å². The molecule has 1 aliphatic rings. The third kappa shape index (κ3) is 4.98. The molecule has 1 saturated heterocycles. The normalized spacial score (nSPS) is 14.2. The third-order valence-electron chi connectivity index (χ3n) is 6.42. The van der Waals surface area contributed by atoms with Crippen LogP contribution in [0.2, 0.25) is 0 Å². The van der Waals surface area contributed by atoms with E-state index in [9.17, 15) is 8.42 Å². The molecule has 1 aromatic carbocycles. The molecule has 4 heterocycles. The fourth-order valence-electron chi connectivity index (χ4n) is 4.40. The quantitative estimate of drug-likeness (QED) is 0.394. The van der Waals surface area contributed by atoms with Crippen LogP contribution in [0.1, 0.15) is 11.1 Å². The Balaban J connectivity index is 1.41. The van der Waals surface area contributed by atoms with E-state index < -0.39 is 10.0 Å². The molecule has 0 saturated carbocycles. The van der Waals surface area contributed by atoms with E-state index in [-0.39, 0.29) is 0 Å². The highest BCUT2D eigenvalue weighted by Gasteiger charge is 2.18. The van der Waals surface area contributed by atoms with Gasteiger partial charge in [0.2, 0.25) is 16.0 Å². The highest BCUT2D eigenvalue weighted by Crippen LogP contribution is 2.26. The van der Waals surface area contributed by atoms with Crippen LogP contribution in [-0.2, 0) is 16.6 Å². The number of nitrogens with one attached hydrogen (secondary N) is 2. The third-order valence-corrected chi connectivity index (χ3v) is 7.59. The summed E-state index contributed by atoms with van der Waals surface area (Å²) >= 11 is 0. The molecule has 36 heavy (non-hydrogen) atoms. The molecule has 0 radical (unpaired) electrons. The zero-order valence-corrected chi connectivity index (χ0v) is 21.5. The van der Waals surface area contributed by atoms with Crippen molar-refractivity contribution in [2.45, 2.75) is 13.5 Å². The van der Waals surface area contributed by atoms with Crippen molar-refractivity contribution in [1.29, 1.82) is 0 Å². The lowest BCUT2D eigenvalue weighted by Crippen LogP contribution is -2.43. The molecule has 0 atom stereocenters. The second-order valence-electron chi connectivity index (χ2n) is 9.00. The smallest absolute Gasteiger partial charge is 0.233 e. The number of piperazine rings is 1. The van der Waals surface area contributed by atoms with Gasteiger partial charge in [0.15, 0.2) is 0 Å². The Hall–Kier alpha value is -3.70. The van der Waals surface area contributed by atoms with E-state index in [4.69, 9.17) is 4.98 Å². The fourth-order valence-corrected chi connectivity index (χ4v) is 4.88. The molecule has 0 spiro atoms. The predicted molar refractivity (Wildman–Crippen MR) is 144 cm³/mol. The minimum absolute atomic E-state index is 0.400. The number of rotatable bonds is 7. The fraction of sp³-hybridized carbons (Fsp3) is 0.320. The minimum Gasteiger partial charge on any atom is -0.369 e. The van der Waals surface area contributed by atoms with E-state index in [1.807, 2.05) is 42.1 Å². The van der Waals surface area contributed by atoms with Crippen molar-refractivity contribution < 1.29 is 8.42 Å². The van der Waals surface area contributed by atoms with Crippen molar-refractivity contribution in [3.05, 3.63) is 66.1 Å². The number of pyridine rings is 1. The van der Waals surface area contributed by atoms with Gasteiger partial charge < -0.3 is 20.1 Å². The summed E-state index contributed by atoms with van der Waals surface area (Å²) in [4.78, 5) is 16.0. The standard InChI is InChI=1S/C25H30N8O2S/c1-18-16-33(17-19-5-4-10-27-23(19)31(2)36(3,34)35)24-22(18)15-28-25(30-24)29-20-6-8-21(9-7-20)32-13-11-26-12-14-32/h4-10,15-16,26H,11-14,17H2,1-3H3,(H,28,29,30). The van der Waals surface area contributed by atoms with Crippen LogP contribution < -0.4 is 19.8 Å². The van der Waals surface area contributed by atoms with E-state index in [2.05, 4.69) is 37.6 Å². The first-order valence-electron chi connectivity index (χ1n) is 11.8. The van der Waals surface area contributed by atoms with Gasteiger partial charge >= 0.3 is 0 Å². The summed E-state index contributed by atoms with van der Waals surface area (Å²) in [6, 6.07) is 12.0. The van der Waals surface area contributed by atoms with Crippen LogP contribution in [0.4, 0.5) is 23.1 Å². The van der Waals surface area contributed by atoms with Crippen LogP contribution in [0.5, 0.6) is 0 Å². The van der Waals surface area contributed by atoms with Crippen molar-refractivity contribution in [1.82, 2.24) is 24.8 Å². The molecule has 1 aliphatic heterocycles. The van der Waals surface area contributed by atoms with Crippen LogP contribution in [0.3, 0.4) is 0 Å². The molecule has 188 valence electrons. The number of fused-ring (bicyclic) bond motifs is 1. The summed E-state index contributed by atoms with van der Waals surface area (Å²) in [6.07, 6.45) is 6.58. The first kappa shape index (κ1) is 24.0.